The van der Waals surface area contributed by atoms with Crippen molar-refractivity contribution in [3.63, 3.8) is 0 Å². The average molecular weight is 802 g/mol. The molecule has 0 saturated heterocycles. The zero-order valence-electron chi connectivity index (χ0n) is 33.3. The van der Waals surface area contributed by atoms with E-state index in [1.807, 2.05) is 36.4 Å². The summed E-state index contributed by atoms with van der Waals surface area (Å²) in [6.45, 7) is 16.5. The van der Waals surface area contributed by atoms with Crippen molar-refractivity contribution in [3.05, 3.63) is 173 Å². The zero-order valence-corrected chi connectivity index (χ0v) is 34.9. The van der Waals surface area contributed by atoms with Crippen molar-refractivity contribution in [3.8, 4) is 0 Å². The zero-order chi connectivity index (χ0) is 37.4. The van der Waals surface area contributed by atoms with Gasteiger partial charge in [0.05, 0.1) is 0 Å². The van der Waals surface area contributed by atoms with Crippen molar-refractivity contribution in [2.75, 3.05) is 0 Å². The summed E-state index contributed by atoms with van der Waals surface area (Å²) in [6.07, 6.45) is 18.1. The smallest absolute Gasteiger partial charge is 0.493 e. The number of unbranched alkanes of at least 4 members (excludes halogenated alkanes) is 6. The molecule has 4 aromatic carbocycles. The summed E-state index contributed by atoms with van der Waals surface area (Å²) >= 11 is 0. The predicted octanol–water partition coefficient (Wildman–Crippen LogP) is 14.8. The first kappa shape index (κ1) is 45.8. The van der Waals surface area contributed by atoms with Gasteiger partial charge >= 0.3 is 20.4 Å². The quantitative estimate of drug-likeness (QED) is 0.0415. The van der Waals surface area contributed by atoms with Gasteiger partial charge in [-0.15, -0.1) is 0 Å². The van der Waals surface area contributed by atoms with Gasteiger partial charge in [0.25, 0.3) is 0 Å². The maximum Gasteiger partial charge on any atom is 2.00 e. The van der Waals surface area contributed by atoms with E-state index in [4.69, 9.17) is 0 Å². The molecule has 286 valence electrons. The van der Waals surface area contributed by atoms with Gasteiger partial charge in [0.1, 0.15) is 0 Å². The Hall–Kier alpha value is -3.38. The molecule has 0 fully saturated rings. The van der Waals surface area contributed by atoms with Crippen LogP contribution in [-0.4, -0.2) is 4.70 Å². The maximum absolute atomic E-state index is 11.8. The minimum atomic E-state index is 0. The third kappa shape index (κ3) is 15.5. The van der Waals surface area contributed by atoms with Crippen molar-refractivity contribution >= 4 is 11.4 Å². The summed E-state index contributed by atoms with van der Waals surface area (Å²) in [5, 5.41) is 0. The van der Waals surface area contributed by atoms with Gasteiger partial charge in [0.15, 0.2) is 0 Å². The topological polar surface area (TPSA) is 25.3 Å². The number of nitrogens with zero attached hydrogens (tertiary/aromatic N) is 2. The molecule has 1 aliphatic heterocycles. The van der Waals surface area contributed by atoms with Gasteiger partial charge in [-0.25, -0.2) is 4.70 Å². The van der Waals surface area contributed by atoms with E-state index in [2.05, 4.69) is 114 Å². The molecule has 0 bridgehead atoms. The van der Waals surface area contributed by atoms with E-state index in [0.717, 1.165) is 73.9 Å². The van der Waals surface area contributed by atoms with E-state index in [-0.39, 0.29) is 20.4 Å². The number of aryl methyl sites for hydroxylation is 2. The summed E-state index contributed by atoms with van der Waals surface area (Å²) in [6, 6.07) is 38.3. The Balaban J connectivity index is 0.000000466. The minimum absolute atomic E-state index is 0. The van der Waals surface area contributed by atoms with Crippen LogP contribution in [0, 0.1) is 13.8 Å². The van der Waals surface area contributed by atoms with E-state index < -0.39 is 0 Å². The molecule has 0 atom stereocenters. The number of hydrogen-bond acceptors (Lipinski definition) is 0. The van der Waals surface area contributed by atoms with E-state index in [0.29, 0.717) is 0 Å². The second-order valence-electron chi connectivity index (χ2n) is 14.0. The molecule has 0 aromatic heterocycles. The van der Waals surface area contributed by atoms with Gasteiger partial charge in [-0.3, -0.25) is 0 Å². The molecule has 1 heterocycles. The van der Waals surface area contributed by atoms with E-state index >= 15 is 0 Å². The second-order valence-corrected chi connectivity index (χ2v) is 14.0. The number of benzene rings is 4. The Morgan fingerprint density at radius 3 is 1.19 bits per heavy atom. The minimum Gasteiger partial charge on any atom is -0.493 e. The van der Waals surface area contributed by atoms with Crippen molar-refractivity contribution in [1.29, 1.82) is 0 Å². The summed E-state index contributed by atoms with van der Waals surface area (Å²) in [5.74, 6) is 0. The Kier molecular flexibility index (Phi) is 23.5. The van der Waals surface area contributed by atoms with E-state index in [1.165, 1.54) is 84.8 Å². The molecule has 3 heteroatoms. The van der Waals surface area contributed by atoms with Gasteiger partial charge in [-0.05, 0) is 86.8 Å². The van der Waals surface area contributed by atoms with Crippen LogP contribution >= 0.6 is 0 Å². The first-order valence-electron chi connectivity index (χ1n) is 20.3. The molecule has 0 amide bonds. The Labute approximate surface area is 338 Å². The normalized spacial score (nSPS) is 12.2. The maximum atomic E-state index is 11.8. The summed E-state index contributed by atoms with van der Waals surface area (Å²) < 4.78 is 1.55. The summed E-state index contributed by atoms with van der Waals surface area (Å²) in [7, 11) is 0. The summed E-state index contributed by atoms with van der Waals surface area (Å²) in [5.41, 5.74) is 24.2. The van der Waals surface area contributed by atoms with Gasteiger partial charge < -0.3 is 19.4 Å². The van der Waals surface area contributed by atoms with Crippen molar-refractivity contribution in [1.82, 2.24) is 0 Å². The fraction of sp³-hybridized carbons (Fsp3) is 0.400. The monoisotopic (exact) mass is 800 g/mol. The summed E-state index contributed by atoms with van der Waals surface area (Å²) in [4.78, 5) is 0. The van der Waals surface area contributed by atoms with E-state index in [1.54, 1.807) is 4.70 Å². The van der Waals surface area contributed by atoms with Crippen molar-refractivity contribution in [2.45, 2.75) is 130 Å². The van der Waals surface area contributed by atoms with Crippen LogP contribution in [0.5, 0.6) is 0 Å². The SMILES string of the molecule is CCCCCCC1=C(c2cccc(CCCC)c2)[N+](=[N-])C(c2cccc(CCCC)c2)=C1CCCC.[CH2-]Cc1ccccc1.[CH2-]Cc1ccccc1.[Pd+2]. The first-order chi connectivity index (χ1) is 25.5. The first-order valence-corrected chi connectivity index (χ1v) is 20.3. The third-order valence-corrected chi connectivity index (χ3v) is 9.72. The van der Waals surface area contributed by atoms with Gasteiger partial charge in [0.2, 0.25) is 11.4 Å². The van der Waals surface area contributed by atoms with Crippen molar-refractivity contribution < 1.29 is 25.1 Å². The molecule has 53 heavy (non-hydrogen) atoms. The fourth-order valence-corrected chi connectivity index (χ4v) is 6.67. The van der Waals surface area contributed by atoms with Crippen LogP contribution in [0.1, 0.15) is 138 Å². The standard InChI is InChI=1S/C34H48N2.2C8H9.Pd/c1-5-9-13-14-24-32-31(23-12-8-4)33(29-21-15-19-27(25-29)17-10-6-2)36(35)34(32)30-22-16-20-28(26-30)18-11-7-3;2*1-2-8-6-4-3-5-7-8;/h15-16,19-22,25-26H,5-14,17-18,23-24H2,1-4H3;2*3-7H,1-2H2;/q;2*-1;+2. The fourth-order valence-electron chi connectivity index (χ4n) is 6.67. The molecule has 5 rings (SSSR count). The molecular weight excluding hydrogens is 735 g/mol. The Bertz CT molecular complexity index is 1610. The molecule has 0 aliphatic carbocycles. The van der Waals surface area contributed by atoms with Gasteiger partial charge in [-0.1, -0.05) is 162 Å². The predicted molar refractivity (Wildman–Crippen MR) is 227 cm³/mol. The largest absolute Gasteiger partial charge is 2.00 e. The molecule has 1 aliphatic rings. The Morgan fingerprint density at radius 1 is 0.434 bits per heavy atom. The third-order valence-electron chi connectivity index (χ3n) is 9.72. The van der Waals surface area contributed by atoms with Crippen LogP contribution in [0.4, 0.5) is 0 Å². The molecule has 2 nitrogen and oxygen atoms in total. The van der Waals surface area contributed by atoms with Crippen LogP contribution in [0.2, 0.25) is 0 Å². The van der Waals surface area contributed by atoms with Crippen LogP contribution in [-0.2, 0) is 46.1 Å². The number of hydrogen-bond donors (Lipinski definition) is 0. The molecule has 0 unspecified atom stereocenters. The van der Waals surface area contributed by atoms with Crippen molar-refractivity contribution in [2.24, 2.45) is 0 Å². The molecule has 4 aromatic rings. The van der Waals surface area contributed by atoms with E-state index in [9.17, 15) is 5.53 Å². The van der Waals surface area contributed by atoms with Crippen LogP contribution in [0.25, 0.3) is 16.9 Å². The van der Waals surface area contributed by atoms with Crippen LogP contribution in [0.3, 0.4) is 0 Å². The van der Waals surface area contributed by atoms with Crippen LogP contribution in [0.15, 0.2) is 120 Å². The second kappa shape index (κ2) is 27.2. The number of allylic oxidation sites excluding steroid dienone is 2. The van der Waals surface area contributed by atoms with Gasteiger partial charge in [-0.2, -0.15) is 12.8 Å². The number of rotatable bonds is 18. The Morgan fingerprint density at radius 2 is 0.811 bits per heavy atom. The molecule has 0 spiro atoms. The molecule has 0 saturated carbocycles. The van der Waals surface area contributed by atoms with Crippen LogP contribution < -0.4 is 0 Å². The average Bonchev–Trinajstić information content (AvgIpc) is 3.48. The van der Waals surface area contributed by atoms with Gasteiger partial charge in [0, 0.05) is 22.3 Å². The molecule has 0 N–H and O–H groups in total. The molecule has 0 radical (unpaired) electrons. The molecular formula is C50H66N2Pd.